The van der Waals surface area contributed by atoms with Crippen LogP contribution in [0.15, 0.2) is 12.1 Å². The molecule has 2 aromatic rings. The van der Waals surface area contributed by atoms with E-state index in [2.05, 4.69) is 10.2 Å². The van der Waals surface area contributed by atoms with Crippen molar-refractivity contribution in [1.29, 1.82) is 0 Å². The topological polar surface area (TPSA) is 128 Å². The predicted molar refractivity (Wildman–Crippen MR) is 79.3 cm³/mol. The molecule has 22 heavy (non-hydrogen) atoms. The molecule has 1 aliphatic heterocycles. The van der Waals surface area contributed by atoms with Crippen molar-refractivity contribution >= 4 is 35.0 Å². The quantitative estimate of drug-likeness (QED) is 0.693. The molecular formula is C12H12BN3O5S. The number of carboxylic acid groups (broad SMARTS) is 1. The molecule has 114 valence electrons. The molecule has 4 N–H and O–H groups in total. The van der Waals surface area contributed by atoms with Crippen LogP contribution in [0.3, 0.4) is 0 Å². The van der Waals surface area contributed by atoms with Crippen molar-refractivity contribution in [2.45, 2.75) is 19.4 Å². The fraction of sp³-hybridized carbons (Fsp3) is 0.250. The van der Waals surface area contributed by atoms with Crippen molar-refractivity contribution in [3.63, 3.8) is 0 Å². The summed E-state index contributed by atoms with van der Waals surface area (Å²) in [7, 11) is -1.18. The van der Waals surface area contributed by atoms with Crippen molar-refractivity contribution < 1.29 is 24.3 Å². The Morgan fingerprint density at radius 2 is 2.32 bits per heavy atom. The van der Waals surface area contributed by atoms with Gasteiger partial charge in [-0.2, -0.15) is 0 Å². The smallest absolute Gasteiger partial charge is 0.481 e. The van der Waals surface area contributed by atoms with E-state index in [-0.39, 0.29) is 16.7 Å². The van der Waals surface area contributed by atoms with Crippen molar-refractivity contribution in [2.24, 2.45) is 0 Å². The molecule has 1 aromatic carbocycles. The van der Waals surface area contributed by atoms with Crippen LogP contribution in [0.4, 0.5) is 5.13 Å². The van der Waals surface area contributed by atoms with Gasteiger partial charge in [-0.1, -0.05) is 5.10 Å². The number of aliphatic carboxylic acids is 1. The van der Waals surface area contributed by atoms with Gasteiger partial charge in [0.1, 0.15) is 5.75 Å². The summed E-state index contributed by atoms with van der Waals surface area (Å²) in [5.74, 6) is -0.542. The van der Waals surface area contributed by atoms with Crippen LogP contribution in [-0.4, -0.2) is 33.4 Å². The minimum absolute atomic E-state index is 0.210. The molecule has 0 amide bonds. The first-order valence-corrected chi connectivity index (χ1v) is 7.22. The zero-order valence-corrected chi connectivity index (χ0v) is 12.3. The average Bonchev–Trinajstić information content (AvgIpc) is 2.94. The van der Waals surface area contributed by atoms with Gasteiger partial charge in [0.2, 0.25) is 5.13 Å². The van der Waals surface area contributed by atoms with E-state index in [1.807, 2.05) is 0 Å². The van der Waals surface area contributed by atoms with Gasteiger partial charge in [-0.05, 0) is 47.0 Å². The fourth-order valence-electron chi connectivity index (χ4n) is 2.46. The number of rotatable bonds is 4. The molecule has 0 radical (unpaired) electrons. The highest BCUT2D eigenvalue weighted by Crippen LogP contribution is 2.33. The van der Waals surface area contributed by atoms with Crippen LogP contribution >= 0.6 is 11.3 Å². The van der Waals surface area contributed by atoms with E-state index in [4.69, 9.17) is 20.2 Å². The number of nitrogens with zero attached hydrogens (tertiary/aromatic N) is 2. The van der Waals surface area contributed by atoms with Gasteiger partial charge in [0.25, 0.3) is 0 Å². The summed E-state index contributed by atoms with van der Waals surface area (Å²) in [5, 5.41) is 26.9. The Labute approximate surface area is 129 Å². The summed E-state index contributed by atoms with van der Waals surface area (Å²) >= 11 is 1.09. The Bertz CT molecular complexity index is 738. The monoisotopic (exact) mass is 321 g/mol. The van der Waals surface area contributed by atoms with Crippen LogP contribution in [0, 0.1) is 6.92 Å². The molecule has 1 aromatic heterocycles. The molecule has 0 fully saturated rings. The predicted octanol–water partition coefficient (Wildman–Crippen LogP) is 0.455. The largest absolute Gasteiger partial charge is 0.492 e. The van der Waals surface area contributed by atoms with Crippen molar-refractivity contribution in [1.82, 2.24) is 10.2 Å². The zero-order chi connectivity index (χ0) is 15.9. The van der Waals surface area contributed by atoms with Crippen molar-refractivity contribution in [3.8, 4) is 10.9 Å². The molecule has 1 aliphatic rings. The third-order valence-corrected chi connectivity index (χ3v) is 3.89. The minimum Gasteiger partial charge on any atom is -0.481 e. The maximum atomic E-state index is 10.9. The second-order valence-corrected chi connectivity index (χ2v) is 5.80. The summed E-state index contributed by atoms with van der Waals surface area (Å²) < 4.78 is 10.9. The number of aryl methyl sites for hydroxylation is 1. The number of hydrogen-bond acceptors (Lipinski definition) is 8. The van der Waals surface area contributed by atoms with Gasteiger partial charge < -0.3 is 25.3 Å². The molecule has 0 unspecified atom stereocenters. The van der Waals surface area contributed by atoms with Crippen LogP contribution in [0.25, 0.3) is 0 Å². The van der Waals surface area contributed by atoms with E-state index in [0.29, 0.717) is 16.8 Å². The molecule has 10 heteroatoms. The summed E-state index contributed by atoms with van der Waals surface area (Å²) in [6.07, 6.45) is -0.883. The second-order valence-electron chi connectivity index (χ2n) is 4.83. The minimum atomic E-state index is -1.18. The normalized spacial score (nSPS) is 16.6. The highest BCUT2D eigenvalue weighted by molar-refractivity contribution is 7.16. The van der Waals surface area contributed by atoms with Crippen LogP contribution in [0.2, 0.25) is 0 Å². The van der Waals surface area contributed by atoms with Gasteiger partial charge in [0.15, 0.2) is 0 Å². The Hall–Kier alpha value is -2.17. The fourth-order valence-corrected chi connectivity index (χ4v) is 2.94. The van der Waals surface area contributed by atoms with Gasteiger partial charge >= 0.3 is 18.3 Å². The number of fused-ring (bicyclic) bond motifs is 1. The van der Waals surface area contributed by atoms with E-state index < -0.39 is 19.2 Å². The molecule has 0 spiro atoms. The third kappa shape index (κ3) is 2.75. The van der Waals surface area contributed by atoms with Crippen LogP contribution < -0.4 is 15.9 Å². The van der Waals surface area contributed by atoms with E-state index in [1.165, 1.54) is 0 Å². The zero-order valence-electron chi connectivity index (χ0n) is 11.5. The average molecular weight is 321 g/mol. The van der Waals surface area contributed by atoms with Crippen LogP contribution in [0.5, 0.6) is 10.9 Å². The molecule has 1 atom stereocenters. The first-order chi connectivity index (χ1) is 10.4. The van der Waals surface area contributed by atoms with E-state index in [1.54, 1.807) is 19.1 Å². The number of ether oxygens (including phenoxy) is 1. The Balaban J connectivity index is 1.92. The molecule has 2 heterocycles. The Morgan fingerprint density at radius 1 is 1.55 bits per heavy atom. The van der Waals surface area contributed by atoms with Gasteiger partial charge in [0, 0.05) is 0 Å². The number of nitrogens with two attached hydrogens (primary N) is 1. The SMILES string of the molecule is Cc1cc(Oc2nnc(N)s2)cc2c1[C@H](CC(=O)O)OB2O. The lowest BCUT2D eigenvalue weighted by Crippen LogP contribution is -2.28. The third-order valence-electron chi connectivity index (χ3n) is 3.26. The second kappa shape index (κ2) is 5.56. The molecule has 8 nitrogen and oxygen atoms in total. The number of benzene rings is 1. The van der Waals surface area contributed by atoms with E-state index in [9.17, 15) is 9.82 Å². The number of carboxylic acids is 1. The standard InChI is InChI=1S/C12H12BN3O5S/c1-5-2-6(20-12-16-15-11(14)22-12)3-7-10(5)8(4-9(17)18)21-13(7)19/h2-3,8,19H,4H2,1H3,(H2,14,15)(H,17,18)/t8-/m0/s1. The van der Waals surface area contributed by atoms with Crippen molar-refractivity contribution in [2.75, 3.05) is 5.73 Å². The Kier molecular flexibility index (Phi) is 3.73. The maximum absolute atomic E-state index is 10.9. The highest BCUT2D eigenvalue weighted by atomic mass is 32.1. The lowest BCUT2D eigenvalue weighted by molar-refractivity contribution is -0.138. The van der Waals surface area contributed by atoms with Crippen LogP contribution in [0.1, 0.15) is 23.7 Å². The molecule has 3 rings (SSSR count). The van der Waals surface area contributed by atoms with Crippen molar-refractivity contribution in [3.05, 3.63) is 23.3 Å². The summed E-state index contributed by atoms with van der Waals surface area (Å²) in [4.78, 5) is 10.9. The van der Waals surface area contributed by atoms with Gasteiger partial charge in [-0.25, -0.2) is 0 Å². The number of anilines is 1. The first kappa shape index (κ1) is 14.8. The van der Waals surface area contributed by atoms with E-state index >= 15 is 0 Å². The van der Waals surface area contributed by atoms with Gasteiger partial charge in [-0.3, -0.25) is 4.79 Å². The molecule has 0 aliphatic carbocycles. The lowest BCUT2D eigenvalue weighted by Gasteiger charge is -2.12. The highest BCUT2D eigenvalue weighted by Gasteiger charge is 2.37. The number of hydrogen-bond donors (Lipinski definition) is 3. The van der Waals surface area contributed by atoms with Crippen LogP contribution in [-0.2, 0) is 9.45 Å². The summed E-state index contributed by atoms with van der Waals surface area (Å²) in [5.41, 5.74) is 7.44. The summed E-state index contributed by atoms with van der Waals surface area (Å²) in [6.45, 7) is 1.80. The maximum Gasteiger partial charge on any atom is 0.492 e. The van der Waals surface area contributed by atoms with E-state index in [0.717, 1.165) is 16.9 Å². The first-order valence-electron chi connectivity index (χ1n) is 6.40. The lowest BCUT2D eigenvalue weighted by atomic mass is 9.77. The number of nitrogen functional groups attached to an aromatic ring is 1. The van der Waals surface area contributed by atoms with Gasteiger partial charge in [0.05, 0.1) is 12.5 Å². The molecule has 0 bridgehead atoms. The molecule has 0 saturated carbocycles. The van der Waals surface area contributed by atoms with Gasteiger partial charge in [-0.15, -0.1) is 5.10 Å². The number of carbonyl (C=O) groups is 1. The Morgan fingerprint density at radius 3 is 2.95 bits per heavy atom. The summed E-state index contributed by atoms with van der Waals surface area (Å²) in [6, 6.07) is 3.33. The molecule has 0 saturated heterocycles. The molecular weight excluding hydrogens is 309 g/mol. The number of aromatic nitrogens is 2.